The van der Waals surface area contributed by atoms with E-state index in [4.69, 9.17) is 4.74 Å². The van der Waals surface area contributed by atoms with Gasteiger partial charge < -0.3 is 9.64 Å². The van der Waals surface area contributed by atoms with Crippen LogP contribution >= 0.6 is 0 Å². The SMILES string of the molecule is CC1COCCN1c1cccnn1. The van der Waals surface area contributed by atoms with Gasteiger partial charge in [-0.25, -0.2) is 0 Å². The third-order valence-electron chi connectivity index (χ3n) is 2.22. The third kappa shape index (κ3) is 1.78. The number of aromatic nitrogens is 2. The Morgan fingerprint density at radius 1 is 1.62 bits per heavy atom. The summed E-state index contributed by atoms with van der Waals surface area (Å²) in [5.41, 5.74) is 0. The molecule has 4 heteroatoms. The first kappa shape index (κ1) is 8.44. The van der Waals surface area contributed by atoms with Crippen LogP contribution in [0.15, 0.2) is 18.3 Å². The molecule has 13 heavy (non-hydrogen) atoms. The van der Waals surface area contributed by atoms with Crippen molar-refractivity contribution in [3.05, 3.63) is 18.3 Å². The monoisotopic (exact) mass is 179 g/mol. The number of morpholine rings is 1. The van der Waals surface area contributed by atoms with Crippen molar-refractivity contribution >= 4 is 5.82 Å². The highest BCUT2D eigenvalue weighted by Crippen LogP contribution is 2.14. The van der Waals surface area contributed by atoms with Crippen molar-refractivity contribution in [1.82, 2.24) is 10.2 Å². The van der Waals surface area contributed by atoms with Gasteiger partial charge in [-0.3, -0.25) is 0 Å². The molecule has 70 valence electrons. The lowest BCUT2D eigenvalue weighted by Gasteiger charge is -2.33. The number of hydrogen-bond donors (Lipinski definition) is 0. The van der Waals surface area contributed by atoms with Gasteiger partial charge in [-0.2, -0.15) is 5.10 Å². The molecule has 0 bridgehead atoms. The van der Waals surface area contributed by atoms with E-state index in [-0.39, 0.29) is 0 Å². The molecule has 0 saturated carbocycles. The van der Waals surface area contributed by atoms with Crippen molar-refractivity contribution in [2.45, 2.75) is 13.0 Å². The predicted octanol–water partition coefficient (Wildman–Crippen LogP) is 0.702. The maximum absolute atomic E-state index is 5.34. The molecule has 1 aromatic rings. The number of hydrogen-bond acceptors (Lipinski definition) is 4. The van der Waals surface area contributed by atoms with Crippen LogP contribution < -0.4 is 4.90 Å². The molecule has 1 fully saturated rings. The van der Waals surface area contributed by atoms with E-state index in [0.29, 0.717) is 6.04 Å². The Hall–Kier alpha value is -1.16. The average molecular weight is 179 g/mol. The van der Waals surface area contributed by atoms with Crippen LogP contribution in [-0.2, 0) is 4.74 Å². The fraction of sp³-hybridized carbons (Fsp3) is 0.556. The van der Waals surface area contributed by atoms with Gasteiger partial charge in [0, 0.05) is 12.7 Å². The van der Waals surface area contributed by atoms with E-state index < -0.39 is 0 Å². The third-order valence-corrected chi connectivity index (χ3v) is 2.22. The summed E-state index contributed by atoms with van der Waals surface area (Å²) >= 11 is 0. The zero-order valence-electron chi connectivity index (χ0n) is 7.68. The lowest BCUT2D eigenvalue weighted by Crippen LogP contribution is -2.44. The molecule has 0 spiro atoms. The molecule has 1 atom stereocenters. The fourth-order valence-electron chi connectivity index (χ4n) is 1.51. The quantitative estimate of drug-likeness (QED) is 0.636. The summed E-state index contributed by atoms with van der Waals surface area (Å²) in [4.78, 5) is 2.22. The highest BCUT2D eigenvalue weighted by atomic mass is 16.5. The van der Waals surface area contributed by atoms with Crippen molar-refractivity contribution in [3.63, 3.8) is 0 Å². The molecule has 0 N–H and O–H groups in total. The Kier molecular flexibility index (Phi) is 2.40. The van der Waals surface area contributed by atoms with Crippen molar-refractivity contribution in [2.24, 2.45) is 0 Å². The molecule has 0 aromatic carbocycles. The van der Waals surface area contributed by atoms with E-state index >= 15 is 0 Å². The molecule has 2 rings (SSSR count). The van der Waals surface area contributed by atoms with E-state index in [1.54, 1.807) is 6.20 Å². The predicted molar refractivity (Wildman–Crippen MR) is 49.7 cm³/mol. The molecular formula is C9H13N3O. The normalized spacial score (nSPS) is 23.2. The Morgan fingerprint density at radius 3 is 3.23 bits per heavy atom. The molecule has 2 heterocycles. The molecule has 1 unspecified atom stereocenters. The maximum atomic E-state index is 5.34. The van der Waals surface area contributed by atoms with Gasteiger partial charge in [0.1, 0.15) is 0 Å². The van der Waals surface area contributed by atoms with Crippen LogP contribution in [0.2, 0.25) is 0 Å². The number of rotatable bonds is 1. The van der Waals surface area contributed by atoms with Gasteiger partial charge in [0.05, 0.1) is 19.3 Å². The number of ether oxygens (including phenoxy) is 1. The molecule has 1 aliphatic rings. The Morgan fingerprint density at radius 2 is 2.54 bits per heavy atom. The van der Waals surface area contributed by atoms with Crippen molar-refractivity contribution in [3.8, 4) is 0 Å². The van der Waals surface area contributed by atoms with E-state index in [9.17, 15) is 0 Å². The second-order valence-electron chi connectivity index (χ2n) is 3.20. The smallest absolute Gasteiger partial charge is 0.151 e. The van der Waals surface area contributed by atoms with Gasteiger partial charge in [-0.15, -0.1) is 5.10 Å². The van der Waals surface area contributed by atoms with Crippen LogP contribution in [0.1, 0.15) is 6.92 Å². The Balaban J connectivity index is 2.15. The molecular weight excluding hydrogens is 166 g/mol. The first-order chi connectivity index (χ1) is 6.38. The molecule has 1 aliphatic heterocycles. The Bertz CT molecular complexity index is 265. The highest BCUT2D eigenvalue weighted by molar-refractivity contribution is 5.38. The van der Waals surface area contributed by atoms with Crippen LogP contribution in [0, 0.1) is 0 Å². The lowest BCUT2D eigenvalue weighted by atomic mass is 10.2. The first-order valence-corrected chi connectivity index (χ1v) is 4.50. The lowest BCUT2D eigenvalue weighted by molar-refractivity contribution is 0.0984. The molecule has 0 aliphatic carbocycles. The van der Waals surface area contributed by atoms with E-state index in [1.807, 2.05) is 12.1 Å². The fourth-order valence-corrected chi connectivity index (χ4v) is 1.51. The second-order valence-corrected chi connectivity index (χ2v) is 3.20. The molecule has 0 amide bonds. The van der Waals surface area contributed by atoms with Gasteiger partial charge in [0.25, 0.3) is 0 Å². The summed E-state index contributed by atoms with van der Waals surface area (Å²) in [5.74, 6) is 0.943. The van der Waals surface area contributed by atoms with E-state index in [1.165, 1.54) is 0 Å². The average Bonchev–Trinajstić information content (AvgIpc) is 2.20. The van der Waals surface area contributed by atoms with Gasteiger partial charge >= 0.3 is 0 Å². The van der Waals surface area contributed by atoms with Crippen molar-refractivity contribution < 1.29 is 4.74 Å². The van der Waals surface area contributed by atoms with Gasteiger partial charge in [-0.1, -0.05) is 0 Å². The molecule has 1 aromatic heterocycles. The zero-order chi connectivity index (χ0) is 9.10. The summed E-state index contributed by atoms with van der Waals surface area (Å²) in [6, 6.07) is 4.28. The van der Waals surface area contributed by atoms with Gasteiger partial charge in [0.15, 0.2) is 5.82 Å². The summed E-state index contributed by atoms with van der Waals surface area (Å²) in [6.45, 7) is 4.59. The number of anilines is 1. The van der Waals surface area contributed by atoms with Gasteiger partial charge in [0.2, 0.25) is 0 Å². The molecule has 0 radical (unpaired) electrons. The minimum atomic E-state index is 0.394. The van der Waals surface area contributed by atoms with Crippen LogP contribution in [0.5, 0.6) is 0 Å². The highest BCUT2D eigenvalue weighted by Gasteiger charge is 2.19. The topological polar surface area (TPSA) is 38.2 Å². The summed E-state index contributed by atoms with van der Waals surface area (Å²) in [7, 11) is 0. The summed E-state index contributed by atoms with van der Waals surface area (Å²) in [6.07, 6.45) is 1.69. The Labute approximate surface area is 77.5 Å². The van der Waals surface area contributed by atoms with E-state index in [0.717, 1.165) is 25.6 Å². The summed E-state index contributed by atoms with van der Waals surface area (Å²) in [5, 5.41) is 7.94. The van der Waals surface area contributed by atoms with Crippen LogP contribution in [0.3, 0.4) is 0 Å². The minimum Gasteiger partial charge on any atom is -0.377 e. The van der Waals surface area contributed by atoms with Crippen LogP contribution in [-0.4, -0.2) is 36.0 Å². The second kappa shape index (κ2) is 3.70. The number of nitrogens with zero attached hydrogens (tertiary/aromatic N) is 3. The standard InChI is InChI=1S/C9H13N3O/c1-8-7-13-6-5-12(8)9-3-2-4-10-11-9/h2-4,8H,5-7H2,1H3. The van der Waals surface area contributed by atoms with Crippen molar-refractivity contribution in [1.29, 1.82) is 0 Å². The van der Waals surface area contributed by atoms with Gasteiger partial charge in [-0.05, 0) is 19.1 Å². The molecule has 1 saturated heterocycles. The first-order valence-electron chi connectivity index (χ1n) is 4.50. The van der Waals surface area contributed by atoms with Crippen LogP contribution in [0.4, 0.5) is 5.82 Å². The summed E-state index contributed by atoms with van der Waals surface area (Å²) < 4.78 is 5.34. The maximum Gasteiger partial charge on any atom is 0.151 e. The van der Waals surface area contributed by atoms with Crippen molar-refractivity contribution in [2.75, 3.05) is 24.7 Å². The molecule has 4 nitrogen and oxygen atoms in total. The van der Waals surface area contributed by atoms with Crippen LogP contribution in [0.25, 0.3) is 0 Å². The largest absolute Gasteiger partial charge is 0.377 e. The zero-order valence-corrected chi connectivity index (χ0v) is 7.68. The minimum absolute atomic E-state index is 0.394. The van der Waals surface area contributed by atoms with E-state index in [2.05, 4.69) is 22.0 Å².